The number of carbonyl (C=O) groups is 1. The molecule has 1 N–H and O–H groups in total. The maximum atomic E-state index is 11.8. The van der Waals surface area contributed by atoms with Crippen LogP contribution >= 0.6 is 15.9 Å². The highest BCUT2D eigenvalue weighted by Gasteiger charge is 2.30. The average Bonchev–Trinajstić information content (AvgIpc) is 3.12. The van der Waals surface area contributed by atoms with E-state index >= 15 is 0 Å². The zero-order chi connectivity index (χ0) is 12.4. The average molecular weight is 298 g/mol. The van der Waals surface area contributed by atoms with Crippen molar-refractivity contribution in [1.82, 2.24) is 5.32 Å². The quantitative estimate of drug-likeness (QED) is 0.869. The van der Waals surface area contributed by atoms with Gasteiger partial charge < -0.3 is 4.74 Å². The molecule has 0 amide bonds. The van der Waals surface area contributed by atoms with Crippen LogP contribution < -0.4 is 5.32 Å². The second-order valence-electron chi connectivity index (χ2n) is 4.40. The van der Waals surface area contributed by atoms with Gasteiger partial charge in [0.15, 0.2) is 0 Å². The van der Waals surface area contributed by atoms with Crippen LogP contribution in [0.4, 0.5) is 0 Å². The van der Waals surface area contributed by atoms with Crippen LogP contribution in [0.1, 0.15) is 30.0 Å². The third kappa shape index (κ3) is 3.07. The number of nitrogens with one attached hydrogen (secondary N) is 1. The van der Waals surface area contributed by atoms with E-state index in [0.717, 1.165) is 28.4 Å². The number of hydrogen-bond acceptors (Lipinski definition) is 3. The second kappa shape index (κ2) is 5.19. The summed E-state index contributed by atoms with van der Waals surface area (Å²) in [6.45, 7) is 2.01. The third-order valence-corrected chi connectivity index (χ3v) is 3.46. The Morgan fingerprint density at radius 1 is 1.53 bits per heavy atom. The van der Waals surface area contributed by atoms with Crippen LogP contribution in [0.2, 0.25) is 0 Å². The molecule has 0 spiro atoms. The van der Waals surface area contributed by atoms with Crippen LogP contribution in [0.3, 0.4) is 0 Å². The number of benzene rings is 1. The maximum Gasteiger partial charge on any atom is 0.327 e. The number of carbonyl (C=O) groups excluding carboxylic acids is 1. The number of aryl methyl sites for hydroxylation is 1. The molecule has 1 unspecified atom stereocenters. The minimum Gasteiger partial charge on any atom is -0.468 e. The molecule has 0 radical (unpaired) electrons. The summed E-state index contributed by atoms with van der Waals surface area (Å²) in [6.07, 6.45) is 2.28. The van der Waals surface area contributed by atoms with Gasteiger partial charge in [-0.25, -0.2) is 4.79 Å². The summed E-state index contributed by atoms with van der Waals surface area (Å²) in [5.74, 6) is -0.224. The molecule has 4 heteroatoms. The fraction of sp³-hybridized carbons (Fsp3) is 0.462. The number of methoxy groups -OCH3 is 1. The highest BCUT2D eigenvalue weighted by Crippen LogP contribution is 2.28. The van der Waals surface area contributed by atoms with Gasteiger partial charge in [-0.15, -0.1) is 0 Å². The highest BCUT2D eigenvalue weighted by atomic mass is 79.9. The summed E-state index contributed by atoms with van der Waals surface area (Å²) in [6, 6.07) is 6.06. The van der Waals surface area contributed by atoms with Gasteiger partial charge in [-0.1, -0.05) is 22.0 Å². The highest BCUT2D eigenvalue weighted by molar-refractivity contribution is 9.10. The van der Waals surface area contributed by atoms with Crippen molar-refractivity contribution in [2.75, 3.05) is 7.11 Å². The van der Waals surface area contributed by atoms with Crippen molar-refractivity contribution in [3.63, 3.8) is 0 Å². The lowest BCUT2D eigenvalue weighted by Crippen LogP contribution is -2.31. The molecule has 17 heavy (non-hydrogen) atoms. The molecule has 1 fully saturated rings. The van der Waals surface area contributed by atoms with Crippen LogP contribution in [-0.2, 0) is 9.53 Å². The van der Waals surface area contributed by atoms with Crippen LogP contribution in [0.25, 0.3) is 0 Å². The smallest absolute Gasteiger partial charge is 0.327 e. The molecule has 1 aliphatic carbocycles. The molecule has 3 nitrogen and oxygen atoms in total. The van der Waals surface area contributed by atoms with Crippen LogP contribution in [-0.4, -0.2) is 19.1 Å². The Hall–Kier alpha value is -0.870. The Morgan fingerprint density at radius 3 is 2.82 bits per heavy atom. The van der Waals surface area contributed by atoms with Crippen molar-refractivity contribution in [2.45, 2.75) is 31.8 Å². The summed E-state index contributed by atoms with van der Waals surface area (Å²) in [5.41, 5.74) is 2.08. The summed E-state index contributed by atoms with van der Waals surface area (Å²) in [5, 5.41) is 3.33. The van der Waals surface area contributed by atoms with E-state index in [2.05, 4.69) is 21.2 Å². The van der Waals surface area contributed by atoms with E-state index in [-0.39, 0.29) is 12.0 Å². The van der Waals surface area contributed by atoms with E-state index in [4.69, 9.17) is 4.74 Å². The summed E-state index contributed by atoms with van der Waals surface area (Å²) in [4.78, 5) is 11.8. The topological polar surface area (TPSA) is 38.3 Å². The zero-order valence-electron chi connectivity index (χ0n) is 10.00. The van der Waals surface area contributed by atoms with E-state index in [1.165, 1.54) is 7.11 Å². The SMILES string of the molecule is COC(=O)C(NC1CC1)c1cc(Br)ccc1C. The number of esters is 1. The van der Waals surface area contributed by atoms with Gasteiger partial charge in [-0.2, -0.15) is 0 Å². The minimum atomic E-state index is -0.356. The molecule has 1 aromatic carbocycles. The molecular formula is C13H16BrNO2. The van der Waals surface area contributed by atoms with E-state index in [9.17, 15) is 4.79 Å². The van der Waals surface area contributed by atoms with E-state index < -0.39 is 0 Å². The van der Waals surface area contributed by atoms with Crippen LogP contribution in [0.5, 0.6) is 0 Å². The van der Waals surface area contributed by atoms with Gasteiger partial charge in [-0.3, -0.25) is 5.32 Å². The number of ether oxygens (including phenoxy) is 1. The van der Waals surface area contributed by atoms with Crippen molar-refractivity contribution in [1.29, 1.82) is 0 Å². The molecule has 0 aliphatic heterocycles. The predicted molar refractivity (Wildman–Crippen MR) is 69.8 cm³/mol. The number of rotatable bonds is 4. The van der Waals surface area contributed by atoms with Crippen LogP contribution in [0, 0.1) is 6.92 Å². The molecule has 1 aromatic rings. The number of halogens is 1. The molecule has 92 valence electrons. The van der Waals surface area contributed by atoms with E-state index in [1.54, 1.807) is 0 Å². The number of hydrogen-bond donors (Lipinski definition) is 1. The summed E-state index contributed by atoms with van der Waals surface area (Å²) >= 11 is 3.44. The Balaban J connectivity index is 2.29. The van der Waals surface area contributed by atoms with Crippen molar-refractivity contribution in [2.24, 2.45) is 0 Å². The van der Waals surface area contributed by atoms with Gasteiger partial charge in [0.1, 0.15) is 6.04 Å². The third-order valence-electron chi connectivity index (χ3n) is 2.97. The first kappa shape index (κ1) is 12.6. The van der Waals surface area contributed by atoms with Crippen LogP contribution in [0.15, 0.2) is 22.7 Å². The summed E-state index contributed by atoms with van der Waals surface area (Å²) in [7, 11) is 1.43. The first-order chi connectivity index (χ1) is 8.11. The Kier molecular flexibility index (Phi) is 3.84. The van der Waals surface area contributed by atoms with Crippen molar-refractivity contribution in [3.8, 4) is 0 Å². The molecule has 1 atom stereocenters. The van der Waals surface area contributed by atoms with Gasteiger partial charge in [-0.05, 0) is 43.0 Å². The van der Waals surface area contributed by atoms with Crippen molar-refractivity contribution < 1.29 is 9.53 Å². The van der Waals surface area contributed by atoms with Gasteiger partial charge in [0.25, 0.3) is 0 Å². The standard InChI is InChI=1S/C13H16BrNO2/c1-8-3-4-9(14)7-11(8)12(13(16)17-2)15-10-5-6-10/h3-4,7,10,12,15H,5-6H2,1-2H3. The molecule has 1 saturated carbocycles. The molecule has 2 rings (SSSR count). The Labute approximate surface area is 110 Å². The van der Waals surface area contributed by atoms with E-state index in [0.29, 0.717) is 6.04 Å². The second-order valence-corrected chi connectivity index (χ2v) is 5.31. The lowest BCUT2D eigenvalue weighted by Gasteiger charge is -2.18. The normalized spacial score (nSPS) is 16.6. The fourth-order valence-corrected chi connectivity index (χ4v) is 2.19. The minimum absolute atomic E-state index is 0.224. The van der Waals surface area contributed by atoms with Crippen molar-refractivity contribution >= 4 is 21.9 Å². The Morgan fingerprint density at radius 2 is 2.24 bits per heavy atom. The monoisotopic (exact) mass is 297 g/mol. The first-order valence-electron chi connectivity index (χ1n) is 5.71. The lowest BCUT2D eigenvalue weighted by atomic mass is 10.0. The van der Waals surface area contributed by atoms with E-state index in [1.807, 2.05) is 25.1 Å². The van der Waals surface area contributed by atoms with Gasteiger partial charge in [0.05, 0.1) is 7.11 Å². The predicted octanol–water partition coefficient (Wildman–Crippen LogP) is 2.72. The van der Waals surface area contributed by atoms with Gasteiger partial charge in [0.2, 0.25) is 0 Å². The molecule has 0 aromatic heterocycles. The van der Waals surface area contributed by atoms with Gasteiger partial charge >= 0.3 is 5.97 Å². The lowest BCUT2D eigenvalue weighted by molar-refractivity contribution is -0.143. The summed E-state index contributed by atoms with van der Waals surface area (Å²) < 4.78 is 5.85. The molecule has 0 bridgehead atoms. The fourth-order valence-electron chi connectivity index (χ4n) is 1.81. The van der Waals surface area contributed by atoms with Gasteiger partial charge in [0, 0.05) is 10.5 Å². The molecule has 0 heterocycles. The molecule has 1 aliphatic rings. The molecule has 0 saturated heterocycles. The first-order valence-corrected chi connectivity index (χ1v) is 6.51. The Bertz CT molecular complexity index is 429. The zero-order valence-corrected chi connectivity index (χ0v) is 11.6. The largest absolute Gasteiger partial charge is 0.468 e. The maximum absolute atomic E-state index is 11.8. The molecular weight excluding hydrogens is 282 g/mol. The van der Waals surface area contributed by atoms with Crippen molar-refractivity contribution in [3.05, 3.63) is 33.8 Å².